The fourth-order valence-corrected chi connectivity index (χ4v) is 1.91. The molecule has 0 spiro atoms. The van der Waals surface area contributed by atoms with E-state index in [2.05, 4.69) is 10.3 Å². The van der Waals surface area contributed by atoms with Crippen LogP contribution in [0.15, 0.2) is 30.5 Å². The number of aliphatic hydroxyl groups excluding tert-OH is 1. The van der Waals surface area contributed by atoms with E-state index < -0.39 is 4.92 Å². The second kappa shape index (κ2) is 6.10. The van der Waals surface area contributed by atoms with Crippen LogP contribution in [-0.2, 0) is 0 Å². The van der Waals surface area contributed by atoms with Gasteiger partial charge in [0.1, 0.15) is 11.9 Å². The van der Waals surface area contributed by atoms with Gasteiger partial charge in [0.2, 0.25) is 0 Å². The highest BCUT2D eigenvalue weighted by Crippen LogP contribution is 2.31. The van der Waals surface area contributed by atoms with Gasteiger partial charge in [-0.15, -0.1) is 0 Å². The molecule has 19 heavy (non-hydrogen) atoms. The summed E-state index contributed by atoms with van der Waals surface area (Å²) in [5.74, 6) is 0. The van der Waals surface area contributed by atoms with E-state index >= 15 is 0 Å². The van der Waals surface area contributed by atoms with Crippen LogP contribution in [-0.4, -0.2) is 28.2 Å². The van der Waals surface area contributed by atoms with Gasteiger partial charge in [0.05, 0.1) is 10.4 Å². The molecule has 0 aliphatic rings. The van der Waals surface area contributed by atoms with Crippen molar-refractivity contribution >= 4 is 22.3 Å². The van der Waals surface area contributed by atoms with Crippen LogP contribution in [0, 0.1) is 10.1 Å². The van der Waals surface area contributed by atoms with E-state index in [0.29, 0.717) is 18.7 Å². The Morgan fingerprint density at radius 2 is 2.11 bits per heavy atom. The average Bonchev–Trinajstić information content (AvgIpc) is 2.43. The molecule has 0 unspecified atom stereocenters. The van der Waals surface area contributed by atoms with Crippen molar-refractivity contribution in [1.29, 1.82) is 0 Å². The maximum absolute atomic E-state index is 11.0. The average molecular weight is 261 g/mol. The number of unbranched alkanes of at least 4 members (excludes halogenated alkanes) is 1. The number of aliphatic hydroxyl groups is 1. The molecule has 1 aromatic carbocycles. The summed E-state index contributed by atoms with van der Waals surface area (Å²) in [6.45, 7) is 0.705. The van der Waals surface area contributed by atoms with Crippen LogP contribution in [0.3, 0.4) is 0 Å². The Morgan fingerprint density at radius 3 is 2.84 bits per heavy atom. The van der Waals surface area contributed by atoms with Crippen LogP contribution in [0.4, 0.5) is 11.4 Å². The van der Waals surface area contributed by atoms with E-state index in [-0.39, 0.29) is 12.3 Å². The van der Waals surface area contributed by atoms with E-state index in [9.17, 15) is 10.1 Å². The normalized spacial score (nSPS) is 10.6. The number of aromatic nitrogens is 1. The zero-order valence-corrected chi connectivity index (χ0v) is 10.4. The van der Waals surface area contributed by atoms with E-state index in [1.807, 2.05) is 24.3 Å². The molecule has 0 radical (unpaired) electrons. The number of pyridine rings is 1. The van der Waals surface area contributed by atoms with Crippen molar-refractivity contribution in [2.45, 2.75) is 12.8 Å². The summed E-state index contributed by atoms with van der Waals surface area (Å²) in [4.78, 5) is 14.7. The van der Waals surface area contributed by atoms with Crippen molar-refractivity contribution < 1.29 is 10.0 Å². The summed E-state index contributed by atoms with van der Waals surface area (Å²) in [5, 5.41) is 23.6. The second-order valence-electron chi connectivity index (χ2n) is 4.15. The third-order valence-electron chi connectivity index (χ3n) is 2.84. The van der Waals surface area contributed by atoms with Crippen LogP contribution in [0.1, 0.15) is 12.8 Å². The SMILES string of the molecule is O=[N+]([O-])c1cnc2ccccc2c1NCCCCO. The Bertz CT molecular complexity index is 586. The van der Waals surface area contributed by atoms with E-state index in [1.54, 1.807) is 0 Å². The number of para-hydroxylation sites is 1. The number of anilines is 1. The fraction of sp³-hybridized carbons (Fsp3) is 0.308. The van der Waals surface area contributed by atoms with Gasteiger partial charge in [0.15, 0.2) is 0 Å². The Labute approximate surface area is 110 Å². The fourth-order valence-electron chi connectivity index (χ4n) is 1.91. The number of benzene rings is 1. The minimum absolute atomic E-state index is 0.0253. The molecule has 0 aliphatic carbocycles. The van der Waals surface area contributed by atoms with Crippen molar-refractivity contribution in [3.05, 3.63) is 40.6 Å². The molecule has 6 heteroatoms. The molecule has 0 aliphatic heterocycles. The summed E-state index contributed by atoms with van der Waals surface area (Å²) in [7, 11) is 0. The molecule has 2 rings (SSSR count). The number of hydrogen-bond donors (Lipinski definition) is 2. The Morgan fingerprint density at radius 1 is 1.32 bits per heavy atom. The zero-order valence-electron chi connectivity index (χ0n) is 10.4. The quantitative estimate of drug-likeness (QED) is 0.473. The summed E-state index contributed by atoms with van der Waals surface area (Å²) < 4.78 is 0. The highest BCUT2D eigenvalue weighted by molar-refractivity contribution is 5.95. The van der Waals surface area contributed by atoms with Crippen LogP contribution in [0.2, 0.25) is 0 Å². The third-order valence-corrected chi connectivity index (χ3v) is 2.84. The molecule has 0 saturated heterocycles. The first-order valence-electron chi connectivity index (χ1n) is 6.11. The van der Waals surface area contributed by atoms with Gasteiger partial charge in [-0.1, -0.05) is 18.2 Å². The Kier molecular flexibility index (Phi) is 4.25. The highest BCUT2D eigenvalue weighted by atomic mass is 16.6. The van der Waals surface area contributed by atoms with Crippen molar-refractivity contribution in [3.8, 4) is 0 Å². The molecule has 6 nitrogen and oxygen atoms in total. The second-order valence-corrected chi connectivity index (χ2v) is 4.15. The predicted octanol–water partition coefficient (Wildman–Crippen LogP) is 2.33. The summed E-state index contributed by atoms with van der Waals surface area (Å²) in [5.41, 5.74) is 1.19. The van der Waals surface area contributed by atoms with Gasteiger partial charge >= 0.3 is 5.69 Å². The molecule has 0 fully saturated rings. The van der Waals surface area contributed by atoms with E-state index in [0.717, 1.165) is 17.3 Å². The molecular weight excluding hydrogens is 246 g/mol. The molecule has 0 bridgehead atoms. The van der Waals surface area contributed by atoms with Gasteiger partial charge in [0, 0.05) is 18.5 Å². The number of hydrogen-bond acceptors (Lipinski definition) is 5. The van der Waals surface area contributed by atoms with Gasteiger partial charge in [-0.3, -0.25) is 10.1 Å². The molecule has 2 N–H and O–H groups in total. The van der Waals surface area contributed by atoms with Crippen LogP contribution < -0.4 is 5.32 Å². The van der Waals surface area contributed by atoms with Gasteiger partial charge in [0.25, 0.3) is 0 Å². The van der Waals surface area contributed by atoms with Gasteiger partial charge < -0.3 is 10.4 Å². The first-order chi connectivity index (χ1) is 9.24. The van der Waals surface area contributed by atoms with E-state index in [4.69, 9.17) is 5.11 Å². The minimum atomic E-state index is -0.437. The molecule has 100 valence electrons. The van der Waals surface area contributed by atoms with Crippen molar-refractivity contribution in [3.63, 3.8) is 0 Å². The maximum Gasteiger partial charge on any atom is 0.311 e. The number of fused-ring (bicyclic) bond motifs is 1. The Hall–Kier alpha value is -2.21. The number of nitro groups is 1. The van der Waals surface area contributed by atoms with Gasteiger partial charge in [-0.25, -0.2) is 4.98 Å². The van der Waals surface area contributed by atoms with Crippen LogP contribution in [0.5, 0.6) is 0 Å². The van der Waals surface area contributed by atoms with Gasteiger partial charge in [-0.2, -0.15) is 0 Å². The van der Waals surface area contributed by atoms with Crippen molar-refractivity contribution in [2.24, 2.45) is 0 Å². The number of rotatable bonds is 6. The number of nitrogens with one attached hydrogen (secondary N) is 1. The summed E-state index contributed by atoms with van der Waals surface area (Å²) in [6.07, 6.45) is 2.70. The molecular formula is C13H15N3O3. The molecule has 0 amide bonds. The first-order valence-corrected chi connectivity index (χ1v) is 6.11. The molecule has 2 aromatic rings. The van der Waals surface area contributed by atoms with Crippen molar-refractivity contribution in [1.82, 2.24) is 4.98 Å². The Balaban J connectivity index is 2.35. The summed E-state index contributed by atoms with van der Waals surface area (Å²) >= 11 is 0. The lowest BCUT2D eigenvalue weighted by Crippen LogP contribution is -2.06. The highest BCUT2D eigenvalue weighted by Gasteiger charge is 2.17. The largest absolute Gasteiger partial charge is 0.396 e. The first kappa shape index (κ1) is 13.2. The van der Waals surface area contributed by atoms with E-state index in [1.165, 1.54) is 6.20 Å². The molecule has 1 aromatic heterocycles. The lowest BCUT2D eigenvalue weighted by atomic mass is 10.1. The smallest absolute Gasteiger partial charge is 0.311 e. The lowest BCUT2D eigenvalue weighted by molar-refractivity contribution is -0.384. The number of nitrogens with zero attached hydrogens (tertiary/aromatic N) is 2. The molecule has 0 atom stereocenters. The van der Waals surface area contributed by atoms with Crippen LogP contribution in [0.25, 0.3) is 10.9 Å². The standard InChI is InChI=1S/C13H15N3O3/c17-8-4-3-7-14-13-10-5-1-2-6-11(10)15-9-12(13)16(18)19/h1-2,5-6,9,17H,3-4,7-8H2,(H,14,15). The van der Waals surface area contributed by atoms with Gasteiger partial charge in [-0.05, 0) is 18.9 Å². The monoisotopic (exact) mass is 261 g/mol. The topological polar surface area (TPSA) is 88.3 Å². The lowest BCUT2D eigenvalue weighted by Gasteiger charge is -2.09. The zero-order chi connectivity index (χ0) is 13.7. The predicted molar refractivity (Wildman–Crippen MR) is 73.2 cm³/mol. The maximum atomic E-state index is 11.0. The van der Waals surface area contributed by atoms with Crippen LogP contribution >= 0.6 is 0 Å². The molecule has 1 heterocycles. The summed E-state index contributed by atoms with van der Waals surface area (Å²) in [6, 6.07) is 7.30. The molecule has 0 saturated carbocycles. The van der Waals surface area contributed by atoms with Crippen molar-refractivity contribution in [2.75, 3.05) is 18.5 Å². The third kappa shape index (κ3) is 2.97. The minimum Gasteiger partial charge on any atom is -0.396 e.